The van der Waals surface area contributed by atoms with E-state index in [1.807, 2.05) is 38.2 Å². The molecule has 72 valence electrons. The molecule has 1 aromatic rings. The summed E-state index contributed by atoms with van der Waals surface area (Å²) in [5.41, 5.74) is 8.56. The third-order valence-corrected chi connectivity index (χ3v) is 2.32. The van der Waals surface area contributed by atoms with Crippen LogP contribution in [0.3, 0.4) is 0 Å². The Morgan fingerprint density at radius 1 is 1.21 bits per heavy atom. The van der Waals surface area contributed by atoms with Gasteiger partial charge in [-0.05, 0) is 19.9 Å². The molecule has 14 heavy (non-hydrogen) atoms. The molecule has 3 heteroatoms. The number of aromatic nitrogens is 2. The van der Waals surface area contributed by atoms with E-state index in [1.54, 1.807) is 6.33 Å². The fraction of sp³-hybridized carbons (Fsp3) is 0.273. The second-order valence-electron chi connectivity index (χ2n) is 3.79. The first-order valence-electron chi connectivity index (χ1n) is 4.57. The van der Waals surface area contributed by atoms with Crippen molar-refractivity contribution in [2.75, 3.05) is 0 Å². The minimum absolute atomic E-state index is 0.396. The number of fused-ring (bicyclic) bond motifs is 1. The van der Waals surface area contributed by atoms with Crippen molar-refractivity contribution in [1.29, 1.82) is 0 Å². The van der Waals surface area contributed by atoms with Gasteiger partial charge in [0.2, 0.25) is 0 Å². The van der Waals surface area contributed by atoms with E-state index >= 15 is 0 Å². The van der Waals surface area contributed by atoms with Crippen molar-refractivity contribution in [3.63, 3.8) is 0 Å². The predicted molar refractivity (Wildman–Crippen MR) is 57.4 cm³/mol. The first kappa shape index (κ1) is 9.09. The third-order valence-electron chi connectivity index (χ3n) is 2.32. The molecule has 1 aliphatic carbocycles. The standard InChI is InChI=1S/C11H13N3/c1-8-9-3-5-11(2,12)6-4-10(9)14-7-13-8/h3-7H,12H2,1-2H3. The molecule has 0 spiro atoms. The molecule has 2 rings (SSSR count). The van der Waals surface area contributed by atoms with Crippen molar-refractivity contribution in [3.05, 3.63) is 35.4 Å². The molecule has 0 amide bonds. The SMILES string of the molecule is Cc1ncnc2c1C=CC(C)(N)C=C2. The summed E-state index contributed by atoms with van der Waals surface area (Å²) < 4.78 is 0. The Balaban J connectivity index is 2.60. The molecular weight excluding hydrogens is 174 g/mol. The van der Waals surface area contributed by atoms with Crippen LogP contribution in [0.4, 0.5) is 0 Å². The maximum Gasteiger partial charge on any atom is 0.116 e. The van der Waals surface area contributed by atoms with Crippen LogP contribution >= 0.6 is 0 Å². The quantitative estimate of drug-likeness (QED) is 0.670. The first-order valence-corrected chi connectivity index (χ1v) is 4.57. The van der Waals surface area contributed by atoms with Gasteiger partial charge in [-0.1, -0.05) is 18.2 Å². The summed E-state index contributed by atoms with van der Waals surface area (Å²) >= 11 is 0. The van der Waals surface area contributed by atoms with Crippen LogP contribution in [0.25, 0.3) is 12.2 Å². The van der Waals surface area contributed by atoms with E-state index in [-0.39, 0.29) is 0 Å². The van der Waals surface area contributed by atoms with Crippen molar-refractivity contribution >= 4 is 12.2 Å². The summed E-state index contributed by atoms with van der Waals surface area (Å²) in [5, 5.41) is 0. The fourth-order valence-electron chi connectivity index (χ4n) is 1.42. The van der Waals surface area contributed by atoms with Crippen LogP contribution in [0.1, 0.15) is 23.9 Å². The Bertz CT molecular complexity index is 417. The van der Waals surface area contributed by atoms with Gasteiger partial charge >= 0.3 is 0 Å². The van der Waals surface area contributed by atoms with E-state index in [9.17, 15) is 0 Å². The van der Waals surface area contributed by atoms with Crippen molar-refractivity contribution in [3.8, 4) is 0 Å². The van der Waals surface area contributed by atoms with Crippen molar-refractivity contribution in [2.24, 2.45) is 5.73 Å². The van der Waals surface area contributed by atoms with Gasteiger partial charge in [-0.3, -0.25) is 0 Å². The average Bonchev–Trinajstić information content (AvgIpc) is 2.27. The molecule has 0 saturated heterocycles. The highest BCUT2D eigenvalue weighted by Crippen LogP contribution is 2.20. The van der Waals surface area contributed by atoms with Gasteiger partial charge in [0.15, 0.2) is 0 Å². The van der Waals surface area contributed by atoms with Crippen molar-refractivity contribution in [1.82, 2.24) is 9.97 Å². The summed E-state index contributed by atoms with van der Waals surface area (Å²) in [6, 6.07) is 0. The van der Waals surface area contributed by atoms with Crippen LogP contribution < -0.4 is 5.73 Å². The Morgan fingerprint density at radius 3 is 2.71 bits per heavy atom. The van der Waals surface area contributed by atoms with Gasteiger partial charge in [-0.25, -0.2) is 9.97 Å². The zero-order valence-corrected chi connectivity index (χ0v) is 8.36. The molecule has 1 aliphatic rings. The Kier molecular flexibility index (Phi) is 1.97. The molecule has 0 aromatic carbocycles. The lowest BCUT2D eigenvalue weighted by Crippen LogP contribution is -2.30. The lowest BCUT2D eigenvalue weighted by Gasteiger charge is -2.12. The molecule has 1 heterocycles. The van der Waals surface area contributed by atoms with Gasteiger partial charge in [0, 0.05) is 11.3 Å². The highest BCUT2D eigenvalue weighted by atomic mass is 14.8. The third kappa shape index (κ3) is 1.59. The van der Waals surface area contributed by atoms with Crippen molar-refractivity contribution < 1.29 is 0 Å². The van der Waals surface area contributed by atoms with E-state index in [1.165, 1.54) is 0 Å². The smallest absolute Gasteiger partial charge is 0.116 e. The molecule has 1 atom stereocenters. The molecule has 3 nitrogen and oxygen atoms in total. The Morgan fingerprint density at radius 2 is 1.93 bits per heavy atom. The van der Waals surface area contributed by atoms with E-state index in [0.717, 1.165) is 17.0 Å². The molecule has 1 aromatic heterocycles. The zero-order chi connectivity index (χ0) is 10.2. The molecule has 1 unspecified atom stereocenters. The van der Waals surface area contributed by atoms with Gasteiger partial charge in [0.05, 0.1) is 11.2 Å². The van der Waals surface area contributed by atoms with E-state index < -0.39 is 5.54 Å². The molecule has 0 radical (unpaired) electrons. The van der Waals surface area contributed by atoms with Crippen LogP contribution in [0.15, 0.2) is 18.5 Å². The van der Waals surface area contributed by atoms with E-state index in [4.69, 9.17) is 5.73 Å². The van der Waals surface area contributed by atoms with Gasteiger partial charge in [-0.2, -0.15) is 0 Å². The van der Waals surface area contributed by atoms with Gasteiger partial charge < -0.3 is 5.73 Å². The number of aryl methyl sites for hydroxylation is 1. The second kappa shape index (κ2) is 3.03. The van der Waals surface area contributed by atoms with Gasteiger partial charge in [-0.15, -0.1) is 0 Å². The van der Waals surface area contributed by atoms with Crippen LogP contribution in [-0.2, 0) is 0 Å². The lowest BCUT2D eigenvalue weighted by molar-refractivity contribution is 0.743. The molecular formula is C11H13N3. The minimum atomic E-state index is -0.396. The maximum absolute atomic E-state index is 5.99. The lowest BCUT2D eigenvalue weighted by atomic mass is 10.0. The second-order valence-corrected chi connectivity index (χ2v) is 3.79. The molecule has 0 bridgehead atoms. The van der Waals surface area contributed by atoms with Crippen LogP contribution in [0.2, 0.25) is 0 Å². The molecule has 0 fully saturated rings. The molecule has 0 aliphatic heterocycles. The average molecular weight is 187 g/mol. The number of rotatable bonds is 0. The fourth-order valence-corrected chi connectivity index (χ4v) is 1.42. The van der Waals surface area contributed by atoms with Crippen LogP contribution in [0.5, 0.6) is 0 Å². The molecule has 2 N–H and O–H groups in total. The number of hydrogen-bond donors (Lipinski definition) is 1. The summed E-state index contributed by atoms with van der Waals surface area (Å²) in [4.78, 5) is 8.35. The zero-order valence-electron chi connectivity index (χ0n) is 8.36. The van der Waals surface area contributed by atoms with E-state index in [0.29, 0.717) is 0 Å². The number of nitrogens with zero attached hydrogens (tertiary/aromatic N) is 2. The summed E-state index contributed by atoms with van der Waals surface area (Å²) in [5.74, 6) is 0. The monoisotopic (exact) mass is 187 g/mol. The maximum atomic E-state index is 5.99. The number of hydrogen-bond acceptors (Lipinski definition) is 3. The first-order chi connectivity index (χ1) is 6.58. The van der Waals surface area contributed by atoms with Crippen molar-refractivity contribution in [2.45, 2.75) is 19.4 Å². The van der Waals surface area contributed by atoms with Gasteiger partial charge in [0.25, 0.3) is 0 Å². The topological polar surface area (TPSA) is 51.8 Å². The predicted octanol–water partition coefficient (Wildman–Crippen LogP) is 1.54. The summed E-state index contributed by atoms with van der Waals surface area (Å²) in [7, 11) is 0. The van der Waals surface area contributed by atoms with E-state index in [2.05, 4.69) is 9.97 Å². The van der Waals surface area contributed by atoms with Crippen LogP contribution in [0, 0.1) is 6.92 Å². The summed E-state index contributed by atoms with van der Waals surface area (Å²) in [6.07, 6.45) is 9.42. The Hall–Kier alpha value is -1.48. The molecule has 0 saturated carbocycles. The highest BCUT2D eigenvalue weighted by molar-refractivity contribution is 5.68. The Labute approximate surface area is 83.4 Å². The highest BCUT2D eigenvalue weighted by Gasteiger charge is 2.14. The number of nitrogens with two attached hydrogens (primary N) is 1. The normalized spacial score (nSPS) is 24.5. The van der Waals surface area contributed by atoms with Crippen LogP contribution in [-0.4, -0.2) is 15.5 Å². The van der Waals surface area contributed by atoms with Gasteiger partial charge in [0.1, 0.15) is 6.33 Å². The summed E-state index contributed by atoms with van der Waals surface area (Å²) in [6.45, 7) is 3.92. The largest absolute Gasteiger partial charge is 0.319 e. The minimum Gasteiger partial charge on any atom is -0.319 e.